The van der Waals surface area contributed by atoms with Gasteiger partial charge in [-0.15, -0.1) is 11.0 Å². The van der Waals surface area contributed by atoms with E-state index in [1.165, 1.54) is 0 Å². The third-order valence-electron chi connectivity index (χ3n) is 2.08. The smallest absolute Gasteiger partial charge is 0.0937 e. The van der Waals surface area contributed by atoms with Crippen LogP contribution in [0.5, 0.6) is 0 Å². The molecule has 3 nitrogen and oxygen atoms in total. The molecule has 0 spiro atoms. The van der Waals surface area contributed by atoms with Crippen LogP contribution >= 0.6 is 15.9 Å². The molecule has 0 aliphatic rings. The van der Waals surface area contributed by atoms with E-state index in [1.807, 2.05) is 37.4 Å². The standard InChI is InChI=1S/C12H10BrN3/c1-2-3-10-4-6-12(7-5-10)16-9-11(8-13)14-15-16/h4-7,9H,8H2,1H3. The van der Waals surface area contributed by atoms with Crippen molar-refractivity contribution in [3.8, 4) is 17.5 Å². The molecule has 0 aliphatic heterocycles. The molecule has 1 aromatic heterocycles. The molecular weight excluding hydrogens is 266 g/mol. The molecule has 0 saturated heterocycles. The number of benzene rings is 1. The maximum absolute atomic E-state index is 4.03. The Kier molecular flexibility index (Phi) is 3.37. The van der Waals surface area contributed by atoms with Crippen molar-refractivity contribution in [2.45, 2.75) is 12.3 Å². The van der Waals surface area contributed by atoms with Crippen LogP contribution < -0.4 is 0 Å². The van der Waals surface area contributed by atoms with Crippen molar-refractivity contribution < 1.29 is 0 Å². The zero-order valence-corrected chi connectivity index (χ0v) is 10.4. The van der Waals surface area contributed by atoms with Gasteiger partial charge in [-0.3, -0.25) is 0 Å². The highest BCUT2D eigenvalue weighted by molar-refractivity contribution is 9.08. The predicted octanol–water partition coefficient (Wildman–Crippen LogP) is 2.53. The Bertz CT molecular complexity index is 531. The van der Waals surface area contributed by atoms with Gasteiger partial charge in [0.25, 0.3) is 0 Å². The lowest BCUT2D eigenvalue weighted by Crippen LogP contribution is -1.94. The average Bonchev–Trinajstić information content (AvgIpc) is 2.79. The lowest BCUT2D eigenvalue weighted by atomic mass is 10.2. The van der Waals surface area contributed by atoms with Crippen molar-refractivity contribution in [3.05, 3.63) is 41.7 Å². The van der Waals surface area contributed by atoms with E-state index in [4.69, 9.17) is 0 Å². The van der Waals surface area contributed by atoms with Gasteiger partial charge in [-0.25, -0.2) is 4.68 Å². The lowest BCUT2D eigenvalue weighted by molar-refractivity contribution is 0.800. The number of nitrogens with zero attached hydrogens (tertiary/aromatic N) is 3. The quantitative estimate of drug-likeness (QED) is 0.623. The summed E-state index contributed by atoms with van der Waals surface area (Å²) in [5.74, 6) is 5.87. The molecule has 4 heteroatoms. The van der Waals surface area contributed by atoms with Crippen LogP contribution in [0.25, 0.3) is 5.69 Å². The van der Waals surface area contributed by atoms with Crippen LogP contribution in [0, 0.1) is 11.8 Å². The van der Waals surface area contributed by atoms with E-state index in [1.54, 1.807) is 4.68 Å². The Morgan fingerprint density at radius 2 is 2.06 bits per heavy atom. The topological polar surface area (TPSA) is 30.7 Å². The molecule has 2 rings (SSSR count). The summed E-state index contributed by atoms with van der Waals surface area (Å²) < 4.78 is 1.75. The largest absolute Gasteiger partial charge is 0.220 e. The van der Waals surface area contributed by atoms with Crippen LogP contribution in [-0.2, 0) is 5.33 Å². The van der Waals surface area contributed by atoms with Crippen molar-refractivity contribution in [2.24, 2.45) is 0 Å². The second kappa shape index (κ2) is 4.95. The number of hydrogen-bond acceptors (Lipinski definition) is 2. The Morgan fingerprint density at radius 3 is 2.62 bits per heavy atom. The number of aromatic nitrogens is 3. The van der Waals surface area contributed by atoms with Crippen molar-refractivity contribution in [2.75, 3.05) is 0 Å². The summed E-state index contributed by atoms with van der Waals surface area (Å²) in [4.78, 5) is 0. The summed E-state index contributed by atoms with van der Waals surface area (Å²) in [6.07, 6.45) is 1.90. The van der Waals surface area contributed by atoms with Crippen LogP contribution in [0.2, 0.25) is 0 Å². The van der Waals surface area contributed by atoms with E-state index < -0.39 is 0 Å². The van der Waals surface area contributed by atoms with Crippen LogP contribution in [0.4, 0.5) is 0 Å². The third-order valence-corrected chi connectivity index (χ3v) is 2.65. The van der Waals surface area contributed by atoms with Crippen molar-refractivity contribution in [3.63, 3.8) is 0 Å². The van der Waals surface area contributed by atoms with Gasteiger partial charge < -0.3 is 0 Å². The molecule has 1 aromatic carbocycles. The molecule has 0 unspecified atom stereocenters. The summed E-state index contributed by atoms with van der Waals surface area (Å²) in [6, 6.07) is 7.90. The summed E-state index contributed by atoms with van der Waals surface area (Å²) in [7, 11) is 0. The number of rotatable bonds is 2. The molecule has 0 bridgehead atoms. The second-order valence-electron chi connectivity index (χ2n) is 3.21. The van der Waals surface area contributed by atoms with Gasteiger partial charge in [0, 0.05) is 10.9 Å². The summed E-state index contributed by atoms with van der Waals surface area (Å²) in [6.45, 7) is 1.83. The summed E-state index contributed by atoms with van der Waals surface area (Å²) in [5.41, 5.74) is 2.91. The van der Waals surface area contributed by atoms with Gasteiger partial charge in [-0.05, 0) is 31.2 Å². The Labute approximate surface area is 103 Å². The summed E-state index contributed by atoms with van der Waals surface area (Å²) in [5, 5.41) is 8.76. The van der Waals surface area contributed by atoms with Gasteiger partial charge in [-0.2, -0.15) is 0 Å². The normalized spacial score (nSPS) is 9.62. The highest BCUT2D eigenvalue weighted by Gasteiger charge is 2.00. The Balaban J connectivity index is 2.29. The van der Waals surface area contributed by atoms with Crippen molar-refractivity contribution in [1.82, 2.24) is 15.0 Å². The number of hydrogen-bond donors (Lipinski definition) is 0. The molecule has 0 saturated carbocycles. The fraction of sp³-hybridized carbons (Fsp3) is 0.167. The van der Waals surface area contributed by atoms with Gasteiger partial charge in [0.15, 0.2) is 0 Å². The van der Waals surface area contributed by atoms with Crippen LogP contribution in [-0.4, -0.2) is 15.0 Å². The van der Waals surface area contributed by atoms with Crippen molar-refractivity contribution in [1.29, 1.82) is 0 Å². The Hall–Kier alpha value is -1.60. The first-order valence-corrected chi connectivity index (χ1v) is 5.96. The van der Waals surface area contributed by atoms with E-state index in [0.29, 0.717) is 5.33 Å². The molecule has 80 valence electrons. The minimum Gasteiger partial charge on any atom is -0.220 e. The fourth-order valence-corrected chi connectivity index (χ4v) is 1.58. The van der Waals surface area contributed by atoms with Gasteiger partial charge in [0.1, 0.15) is 0 Å². The number of alkyl halides is 1. The third kappa shape index (κ3) is 2.31. The molecule has 0 amide bonds. The van der Waals surface area contributed by atoms with E-state index in [0.717, 1.165) is 16.9 Å². The van der Waals surface area contributed by atoms with E-state index in [9.17, 15) is 0 Å². The Morgan fingerprint density at radius 1 is 1.31 bits per heavy atom. The number of halogens is 1. The minimum atomic E-state index is 0.715. The van der Waals surface area contributed by atoms with Crippen LogP contribution in [0.1, 0.15) is 18.2 Å². The predicted molar refractivity (Wildman–Crippen MR) is 66.5 cm³/mol. The van der Waals surface area contributed by atoms with Gasteiger partial charge >= 0.3 is 0 Å². The highest BCUT2D eigenvalue weighted by Crippen LogP contribution is 2.09. The molecule has 2 aromatic rings. The molecule has 16 heavy (non-hydrogen) atoms. The summed E-state index contributed by atoms with van der Waals surface area (Å²) >= 11 is 3.34. The van der Waals surface area contributed by atoms with Gasteiger partial charge in [-0.1, -0.05) is 27.1 Å². The molecular formula is C12H10BrN3. The molecule has 0 aliphatic carbocycles. The first kappa shape index (κ1) is 10.9. The average molecular weight is 276 g/mol. The SMILES string of the molecule is CC#Cc1ccc(-n2cc(CBr)nn2)cc1. The monoisotopic (exact) mass is 275 g/mol. The zero-order valence-electron chi connectivity index (χ0n) is 8.81. The van der Waals surface area contributed by atoms with E-state index >= 15 is 0 Å². The first-order valence-electron chi connectivity index (χ1n) is 4.84. The molecule has 1 heterocycles. The second-order valence-corrected chi connectivity index (χ2v) is 3.77. The lowest BCUT2D eigenvalue weighted by Gasteiger charge is -1.99. The highest BCUT2D eigenvalue weighted by atomic mass is 79.9. The first-order chi connectivity index (χ1) is 7.83. The van der Waals surface area contributed by atoms with Gasteiger partial charge in [0.05, 0.1) is 17.6 Å². The fourth-order valence-electron chi connectivity index (χ4n) is 1.33. The molecule has 0 atom stereocenters. The molecule has 0 N–H and O–H groups in total. The van der Waals surface area contributed by atoms with E-state index in [2.05, 4.69) is 38.1 Å². The molecule has 0 fully saturated rings. The molecule has 0 radical (unpaired) electrons. The van der Waals surface area contributed by atoms with Crippen LogP contribution in [0.15, 0.2) is 30.5 Å². The van der Waals surface area contributed by atoms with Crippen LogP contribution in [0.3, 0.4) is 0 Å². The maximum atomic E-state index is 4.03. The van der Waals surface area contributed by atoms with E-state index in [-0.39, 0.29) is 0 Å². The zero-order chi connectivity index (χ0) is 11.4. The van der Waals surface area contributed by atoms with Crippen molar-refractivity contribution >= 4 is 15.9 Å². The minimum absolute atomic E-state index is 0.715. The maximum Gasteiger partial charge on any atom is 0.0937 e. The van der Waals surface area contributed by atoms with Gasteiger partial charge in [0.2, 0.25) is 0 Å².